The minimum absolute atomic E-state index is 0.0157. The molecule has 0 fully saturated rings. The lowest BCUT2D eigenvalue weighted by atomic mass is 10.1. The van der Waals surface area contributed by atoms with Crippen molar-refractivity contribution >= 4 is 10.0 Å². The van der Waals surface area contributed by atoms with Crippen molar-refractivity contribution in [1.29, 1.82) is 0 Å². The van der Waals surface area contributed by atoms with Crippen LogP contribution in [0.15, 0.2) is 51.9 Å². The maximum atomic E-state index is 13.0. The summed E-state index contributed by atoms with van der Waals surface area (Å²) in [7, 11) is -2.48. The van der Waals surface area contributed by atoms with Gasteiger partial charge in [0, 0.05) is 17.7 Å². The Morgan fingerprint density at radius 2 is 1.85 bits per heavy atom. The Morgan fingerprint density at radius 3 is 2.44 bits per heavy atom. The molecule has 0 aliphatic rings. The molecule has 0 bridgehead atoms. The lowest BCUT2D eigenvalue weighted by Crippen LogP contribution is -2.23. The largest absolute Gasteiger partial charge is 0.495 e. The Bertz CT molecular complexity index is 1060. The zero-order valence-corrected chi connectivity index (χ0v) is 15.9. The lowest BCUT2D eigenvalue weighted by Gasteiger charge is -2.12. The Balaban J connectivity index is 1.94. The number of nitrogens with zero attached hydrogens (tertiary/aromatic N) is 1. The summed E-state index contributed by atoms with van der Waals surface area (Å²) in [5.41, 5.74) is 2.79. The predicted octanol–water partition coefficient (Wildman–Crippen LogP) is 3.58. The Hall–Kier alpha value is -2.71. The van der Waals surface area contributed by atoms with Crippen molar-refractivity contribution in [3.63, 3.8) is 0 Å². The van der Waals surface area contributed by atoms with Gasteiger partial charge in [0.05, 0.1) is 12.8 Å². The summed E-state index contributed by atoms with van der Waals surface area (Å²) in [6, 6.07) is 10.4. The van der Waals surface area contributed by atoms with Crippen LogP contribution < -0.4 is 9.46 Å². The van der Waals surface area contributed by atoms with Gasteiger partial charge < -0.3 is 9.26 Å². The van der Waals surface area contributed by atoms with Crippen LogP contribution in [0.1, 0.15) is 16.8 Å². The molecule has 2 aromatic carbocycles. The van der Waals surface area contributed by atoms with Crippen LogP contribution in [0.25, 0.3) is 11.3 Å². The van der Waals surface area contributed by atoms with Crippen LogP contribution >= 0.6 is 0 Å². The summed E-state index contributed by atoms with van der Waals surface area (Å²) < 4.78 is 51.7. The minimum atomic E-state index is -3.88. The maximum absolute atomic E-state index is 13.0. The first-order chi connectivity index (χ1) is 12.8. The van der Waals surface area contributed by atoms with Crippen LogP contribution in [-0.4, -0.2) is 20.7 Å². The van der Waals surface area contributed by atoms with Crippen LogP contribution in [0.2, 0.25) is 0 Å². The summed E-state index contributed by atoms with van der Waals surface area (Å²) in [5, 5.41) is 3.91. The molecule has 0 saturated heterocycles. The SMILES string of the molecule is COc1ccc(-c2onc(C)c2C)cc1S(=O)(=O)NCc1ccc(F)cc1. The van der Waals surface area contributed by atoms with E-state index in [1.54, 1.807) is 12.1 Å². The number of hydrogen-bond acceptors (Lipinski definition) is 5. The Kier molecular flexibility index (Phi) is 5.29. The maximum Gasteiger partial charge on any atom is 0.244 e. The number of nitrogens with one attached hydrogen (secondary N) is 1. The van der Waals surface area contributed by atoms with Gasteiger partial charge in [0.15, 0.2) is 5.76 Å². The number of sulfonamides is 1. The molecule has 27 heavy (non-hydrogen) atoms. The first-order valence-corrected chi connectivity index (χ1v) is 9.65. The molecule has 3 rings (SSSR count). The molecule has 0 aliphatic carbocycles. The average Bonchev–Trinajstić information content (AvgIpc) is 2.99. The fourth-order valence-corrected chi connectivity index (χ4v) is 3.78. The van der Waals surface area contributed by atoms with Gasteiger partial charge in [0.1, 0.15) is 16.5 Å². The molecule has 0 amide bonds. The number of aryl methyl sites for hydroxylation is 1. The van der Waals surface area contributed by atoms with E-state index in [-0.39, 0.29) is 23.0 Å². The van der Waals surface area contributed by atoms with Crippen molar-refractivity contribution in [1.82, 2.24) is 9.88 Å². The van der Waals surface area contributed by atoms with Crippen LogP contribution in [-0.2, 0) is 16.6 Å². The number of benzene rings is 2. The van der Waals surface area contributed by atoms with Gasteiger partial charge in [0.25, 0.3) is 0 Å². The van der Waals surface area contributed by atoms with E-state index in [0.29, 0.717) is 16.9 Å². The molecule has 0 saturated carbocycles. The second kappa shape index (κ2) is 7.50. The first-order valence-electron chi connectivity index (χ1n) is 8.17. The van der Waals surface area contributed by atoms with Crippen molar-refractivity contribution in [2.45, 2.75) is 25.3 Å². The van der Waals surface area contributed by atoms with Gasteiger partial charge in [0.2, 0.25) is 10.0 Å². The van der Waals surface area contributed by atoms with E-state index < -0.39 is 10.0 Å². The zero-order chi connectivity index (χ0) is 19.6. The quantitative estimate of drug-likeness (QED) is 0.696. The molecule has 0 radical (unpaired) electrons. The normalized spacial score (nSPS) is 11.6. The molecule has 1 N–H and O–H groups in total. The summed E-state index contributed by atoms with van der Waals surface area (Å²) in [6.45, 7) is 3.69. The summed E-state index contributed by atoms with van der Waals surface area (Å²) >= 11 is 0. The third-order valence-electron chi connectivity index (χ3n) is 4.25. The molecule has 6 nitrogen and oxygen atoms in total. The van der Waals surface area contributed by atoms with Crippen molar-refractivity contribution in [2.75, 3.05) is 7.11 Å². The van der Waals surface area contributed by atoms with Gasteiger partial charge >= 0.3 is 0 Å². The van der Waals surface area contributed by atoms with Gasteiger partial charge in [-0.2, -0.15) is 0 Å². The van der Waals surface area contributed by atoms with Gasteiger partial charge in [-0.25, -0.2) is 17.5 Å². The molecular weight excluding hydrogens is 371 g/mol. The van der Waals surface area contributed by atoms with E-state index in [4.69, 9.17) is 9.26 Å². The average molecular weight is 390 g/mol. The summed E-state index contributed by atoms with van der Waals surface area (Å²) in [6.07, 6.45) is 0. The van der Waals surface area contributed by atoms with Gasteiger partial charge in [-0.15, -0.1) is 0 Å². The second-order valence-electron chi connectivity index (χ2n) is 6.04. The van der Waals surface area contributed by atoms with E-state index in [2.05, 4.69) is 9.88 Å². The molecule has 1 heterocycles. The third kappa shape index (κ3) is 4.01. The number of ether oxygens (including phenoxy) is 1. The van der Waals surface area contributed by atoms with Crippen molar-refractivity contribution < 1.29 is 22.1 Å². The third-order valence-corrected chi connectivity index (χ3v) is 5.67. The molecule has 0 aliphatic heterocycles. The zero-order valence-electron chi connectivity index (χ0n) is 15.1. The fraction of sp³-hybridized carbons (Fsp3) is 0.211. The van der Waals surface area contributed by atoms with Gasteiger partial charge in [-0.1, -0.05) is 17.3 Å². The van der Waals surface area contributed by atoms with Crippen molar-refractivity contribution in [3.8, 4) is 17.1 Å². The molecule has 0 spiro atoms. The monoisotopic (exact) mass is 390 g/mol. The standard InChI is InChI=1S/C19H19FN2O4S/c1-12-13(2)22-26-19(12)15-6-9-17(25-3)18(10-15)27(23,24)21-11-14-4-7-16(20)8-5-14/h4-10,21H,11H2,1-3H3. The van der Waals surface area contributed by atoms with Crippen LogP contribution in [0.3, 0.4) is 0 Å². The van der Waals surface area contributed by atoms with E-state index in [9.17, 15) is 12.8 Å². The number of hydrogen-bond donors (Lipinski definition) is 1. The molecule has 3 aromatic rings. The van der Waals surface area contributed by atoms with E-state index in [1.165, 1.54) is 37.4 Å². The smallest absolute Gasteiger partial charge is 0.244 e. The molecule has 8 heteroatoms. The number of halogens is 1. The summed E-state index contributed by atoms with van der Waals surface area (Å²) in [4.78, 5) is -0.0157. The molecular formula is C19H19FN2O4S. The first kappa shape index (κ1) is 19.1. The molecule has 0 unspecified atom stereocenters. The summed E-state index contributed by atoms with van der Waals surface area (Å²) in [5.74, 6) is 0.332. The molecule has 142 valence electrons. The van der Waals surface area contributed by atoms with Crippen LogP contribution in [0, 0.1) is 19.7 Å². The van der Waals surface area contributed by atoms with Gasteiger partial charge in [-0.05, 0) is 49.7 Å². The topological polar surface area (TPSA) is 81.4 Å². The highest BCUT2D eigenvalue weighted by Crippen LogP contribution is 2.32. The van der Waals surface area contributed by atoms with Crippen molar-refractivity contribution in [3.05, 3.63) is 65.1 Å². The fourth-order valence-electron chi connectivity index (χ4n) is 2.57. The number of methoxy groups -OCH3 is 1. The Labute approximate surface area is 157 Å². The van der Waals surface area contributed by atoms with E-state index in [1.807, 2.05) is 13.8 Å². The highest BCUT2D eigenvalue weighted by molar-refractivity contribution is 7.89. The Morgan fingerprint density at radius 1 is 1.15 bits per heavy atom. The highest BCUT2D eigenvalue weighted by Gasteiger charge is 2.22. The lowest BCUT2D eigenvalue weighted by molar-refractivity contribution is 0.402. The second-order valence-corrected chi connectivity index (χ2v) is 7.77. The molecule has 0 atom stereocenters. The van der Waals surface area contributed by atoms with Crippen LogP contribution in [0.4, 0.5) is 4.39 Å². The van der Waals surface area contributed by atoms with Gasteiger partial charge in [-0.3, -0.25) is 0 Å². The predicted molar refractivity (Wildman–Crippen MR) is 98.4 cm³/mol. The van der Waals surface area contributed by atoms with E-state index >= 15 is 0 Å². The van der Waals surface area contributed by atoms with E-state index in [0.717, 1.165) is 11.3 Å². The minimum Gasteiger partial charge on any atom is -0.495 e. The number of aromatic nitrogens is 1. The van der Waals surface area contributed by atoms with Crippen LogP contribution in [0.5, 0.6) is 5.75 Å². The number of rotatable bonds is 6. The van der Waals surface area contributed by atoms with Crippen molar-refractivity contribution in [2.24, 2.45) is 0 Å². The highest BCUT2D eigenvalue weighted by atomic mass is 32.2. The molecule has 1 aromatic heterocycles.